The third-order valence-electron chi connectivity index (χ3n) is 6.41. The summed E-state index contributed by atoms with van der Waals surface area (Å²) in [6.45, 7) is 3.21. The van der Waals surface area contributed by atoms with E-state index in [2.05, 4.69) is 11.5 Å². The van der Waals surface area contributed by atoms with Gasteiger partial charge in [-0.25, -0.2) is 4.98 Å². The molecular formula is C28H29N3O3. The van der Waals surface area contributed by atoms with Gasteiger partial charge in [-0.1, -0.05) is 49.4 Å². The molecule has 0 spiro atoms. The lowest BCUT2D eigenvalue weighted by atomic mass is 10.1. The van der Waals surface area contributed by atoms with Crippen molar-refractivity contribution in [3.63, 3.8) is 0 Å². The van der Waals surface area contributed by atoms with Gasteiger partial charge in [-0.15, -0.1) is 0 Å². The predicted molar refractivity (Wildman–Crippen MR) is 133 cm³/mol. The van der Waals surface area contributed by atoms with Crippen LogP contribution in [0.4, 0.5) is 5.69 Å². The number of nitrogens with zero attached hydrogens (tertiary/aromatic N) is 3. The summed E-state index contributed by atoms with van der Waals surface area (Å²) in [4.78, 5) is 19.5. The molecule has 1 amide bonds. The van der Waals surface area contributed by atoms with Gasteiger partial charge >= 0.3 is 0 Å². The van der Waals surface area contributed by atoms with Crippen molar-refractivity contribution in [2.75, 3.05) is 18.1 Å². The largest absolute Gasteiger partial charge is 0.491 e. The number of aromatic nitrogens is 2. The van der Waals surface area contributed by atoms with E-state index in [-0.39, 0.29) is 18.4 Å². The number of carbonyl (C=O) groups excluding carboxylic acids is 1. The van der Waals surface area contributed by atoms with Crippen molar-refractivity contribution in [1.29, 1.82) is 0 Å². The fourth-order valence-electron chi connectivity index (χ4n) is 4.61. The maximum absolute atomic E-state index is 12.8. The number of rotatable bonds is 8. The molecule has 6 nitrogen and oxygen atoms in total. The molecule has 6 heteroatoms. The highest BCUT2D eigenvalue weighted by Crippen LogP contribution is 2.33. The van der Waals surface area contributed by atoms with Crippen molar-refractivity contribution < 1.29 is 14.6 Å². The second kappa shape index (κ2) is 9.69. The van der Waals surface area contributed by atoms with E-state index in [0.29, 0.717) is 19.5 Å². The van der Waals surface area contributed by atoms with Gasteiger partial charge in [-0.05, 0) is 48.4 Å². The third kappa shape index (κ3) is 4.54. The van der Waals surface area contributed by atoms with Gasteiger partial charge in [-0.3, -0.25) is 4.79 Å². The summed E-state index contributed by atoms with van der Waals surface area (Å²) < 4.78 is 7.89. The molecule has 1 aromatic heterocycles. The van der Waals surface area contributed by atoms with Crippen LogP contribution in [-0.2, 0) is 17.8 Å². The number of benzene rings is 3. The molecule has 0 bridgehead atoms. The van der Waals surface area contributed by atoms with Crippen molar-refractivity contribution >= 4 is 22.6 Å². The highest BCUT2D eigenvalue weighted by Gasteiger charge is 2.35. The van der Waals surface area contributed by atoms with Crippen molar-refractivity contribution in [3.8, 4) is 5.75 Å². The van der Waals surface area contributed by atoms with E-state index >= 15 is 0 Å². The molecule has 174 valence electrons. The Hall–Kier alpha value is -3.64. The van der Waals surface area contributed by atoms with E-state index in [1.165, 1.54) is 5.56 Å². The van der Waals surface area contributed by atoms with Crippen LogP contribution in [0.15, 0.2) is 78.9 Å². The highest BCUT2D eigenvalue weighted by molar-refractivity contribution is 5.96. The van der Waals surface area contributed by atoms with E-state index < -0.39 is 6.10 Å². The third-order valence-corrected chi connectivity index (χ3v) is 6.41. The van der Waals surface area contributed by atoms with Crippen LogP contribution < -0.4 is 9.64 Å². The molecule has 1 saturated heterocycles. The summed E-state index contributed by atoms with van der Waals surface area (Å²) in [5.74, 6) is 1.62. The Labute approximate surface area is 199 Å². The monoisotopic (exact) mass is 455 g/mol. The molecule has 2 heterocycles. The SMILES string of the molecule is CCc1ccc(OC[C@H](O)Cn2c([C@@H]3CC(=O)N(c4ccccc4)C3)nc3ccccc32)cc1. The molecule has 0 saturated carbocycles. The fourth-order valence-corrected chi connectivity index (χ4v) is 4.61. The predicted octanol–water partition coefficient (Wildman–Crippen LogP) is 4.56. The summed E-state index contributed by atoms with van der Waals surface area (Å²) in [5.41, 5.74) is 3.97. The van der Waals surface area contributed by atoms with Gasteiger partial charge in [0.25, 0.3) is 0 Å². The Morgan fingerprint density at radius 2 is 1.76 bits per heavy atom. The highest BCUT2D eigenvalue weighted by atomic mass is 16.5. The lowest BCUT2D eigenvalue weighted by Crippen LogP contribution is -2.26. The first-order chi connectivity index (χ1) is 16.6. The number of hydrogen-bond donors (Lipinski definition) is 1. The minimum Gasteiger partial charge on any atom is -0.491 e. The molecule has 5 rings (SSSR count). The number of anilines is 1. The first kappa shape index (κ1) is 22.2. The molecule has 4 aromatic rings. The standard InChI is InChI=1S/C28H29N3O3/c1-2-20-12-14-24(15-13-20)34-19-23(32)18-31-26-11-7-6-10-25(26)29-28(31)21-16-27(33)30(17-21)22-8-4-3-5-9-22/h3-15,21,23,32H,2,16-19H2,1H3/t21-,23-/m1/s1. The van der Waals surface area contributed by atoms with E-state index in [1.807, 2.05) is 83.8 Å². The molecule has 2 atom stereocenters. The van der Waals surface area contributed by atoms with Crippen LogP contribution in [0.1, 0.15) is 30.7 Å². The lowest BCUT2D eigenvalue weighted by molar-refractivity contribution is -0.117. The quantitative estimate of drug-likeness (QED) is 0.423. The zero-order valence-corrected chi connectivity index (χ0v) is 19.3. The number of aliphatic hydroxyl groups is 1. The zero-order valence-electron chi connectivity index (χ0n) is 19.3. The average molecular weight is 456 g/mol. The smallest absolute Gasteiger partial charge is 0.227 e. The van der Waals surface area contributed by atoms with E-state index in [0.717, 1.165) is 34.7 Å². The molecule has 34 heavy (non-hydrogen) atoms. The molecule has 1 N–H and O–H groups in total. The molecule has 1 aliphatic rings. The number of imidazole rings is 1. The number of hydrogen-bond acceptors (Lipinski definition) is 4. The normalized spacial score (nSPS) is 16.8. The van der Waals surface area contributed by atoms with Crippen molar-refractivity contribution in [1.82, 2.24) is 9.55 Å². The topological polar surface area (TPSA) is 67.6 Å². The molecule has 0 aliphatic carbocycles. The Bertz CT molecular complexity index is 1270. The number of ether oxygens (including phenoxy) is 1. The van der Waals surface area contributed by atoms with Crippen molar-refractivity contribution in [2.45, 2.75) is 38.3 Å². The van der Waals surface area contributed by atoms with Crippen LogP contribution in [0.3, 0.4) is 0 Å². The van der Waals surface area contributed by atoms with Crippen LogP contribution in [0, 0.1) is 0 Å². The van der Waals surface area contributed by atoms with Crippen LogP contribution in [0.25, 0.3) is 11.0 Å². The first-order valence-electron chi connectivity index (χ1n) is 11.8. The Balaban J connectivity index is 1.35. The molecule has 1 aliphatic heterocycles. The maximum Gasteiger partial charge on any atom is 0.227 e. The summed E-state index contributed by atoms with van der Waals surface area (Å²) in [7, 11) is 0. The number of carbonyl (C=O) groups is 1. The van der Waals surface area contributed by atoms with Gasteiger partial charge in [0.2, 0.25) is 5.91 Å². The van der Waals surface area contributed by atoms with Crippen LogP contribution in [0.5, 0.6) is 5.75 Å². The van der Waals surface area contributed by atoms with Gasteiger partial charge in [-0.2, -0.15) is 0 Å². The minimum absolute atomic E-state index is 0.0465. The second-order valence-electron chi connectivity index (χ2n) is 8.77. The summed E-state index contributed by atoms with van der Waals surface area (Å²) in [5, 5.41) is 10.8. The van der Waals surface area contributed by atoms with Crippen molar-refractivity contribution in [2.24, 2.45) is 0 Å². The lowest BCUT2D eigenvalue weighted by Gasteiger charge is -2.19. The zero-order chi connectivity index (χ0) is 23.5. The number of para-hydroxylation sites is 3. The number of aryl methyl sites for hydroxylation is 1. The van der Waals surface area contributed by atoms with Gasteiger partial charge in [0.05, 0.1) is 17.6 Å². The van der Waals surface area contributed by atoms with Crippen molar-refractivity contribution in [3.05, 3.63) is 90.3 Å². The van der Waals surface area contributed by atoms with E-state index in [9.17, 15) is 9.90 Å². The van der Waals surface area contributed by atoms with Gasteiger partial charge in [0.1, 0.15) is 24.3 Å². The number of amides is 1. The number of fused-ring (bicyclic) bond motifs is 1. The first-order valence-corrected chi connectivity index (χ1v) is 11.8. The molecule has 1 fully saturated rings. The Kier molecular flexibility index (Phi) is 6.32. The van der Waals surface area contributed by atoms with Crippen LogP contribution in [-0.4, -0.2) is 39.8 Å². The molecular weight excluding hydrogens is 426 g/mol. The van der Waals surface area contributed by atoms with Crippen LogP contribution >= 0.6 is 0 Å². The fraction of sp³-hybridized carbons (Fsp3) is 0.286. The Morgan fingerprint density at radius 1 is 1.03 bits per heavy atom. The maximum atomic E-state index is 12.8. The number of aliphatic hydroxyl groups excluding tert-OH is 1. The minimum atomic E-state index is -0.718. The average Bonchev–Trinajstić information content (AvgIpc) is 3.44. The summed E-state index contributed by atoms with van der Waals surface area (Å²) >= 11 is 0. The Morgan fingerprint density at radius 3 is 2.53 bits per heavy atom. The summed E-state index contributed by atoms with van der Waals surface area (Å²) in [6.07, 6.45) is 0.656. The molecule has 0 unspecified atom stereocenters. The van der Waals surface area contributed by atoms with Gasteiger partial charge < -0.3 is 19.3 Å². The van der Waals surface area contributed by atoms with E-state index in [1.54, 1.807) is 0 Å². The van der Waals surface area contributed by atoms with Gasteiger partial charge in [0.15, 0.2) is 0 Å². The summed E-state index contributed by atoms with van der Waals surface area (Å²) in [6, 6.07) is 25.6. The van der Waals surface area contributed by atoms with E-state index in [4.69, 9.17) is 9.72 Å². The molecule has 0 radical (unpaired) electrons. The molecule has 3 aromatic carbocycles. The second-order valence-corrected chi connectivity index (χ2v) is 8.77. The van der Waals surface area contributed by atoms with Crippen LogP contribution in [0.2, 0.25) is 0 Å². The van der Waals surface area contributed by atoms with Gasteiger partial charge in [0, 0.05) is 24.6 Å².